The minimum atomic E-state index is 0.261. The first-order valence-corrected chi connectivity index (χ1v) is 7.10. The van der Waals surface area contributed by atoms with Crippen LogP contribution < -0.4 is 10.1 Å². The highest BCUT2D eigenvalue weighted by Crippen LogP contribution is 2.30. The van der Waals surface area contributed by atoms with Crippen LogP contribution in [0.25, 0.3) is 0 Å². The fourth-order valence-electron chi connectivity index (χ4n) is 2.60. The summed E-state index contributed by atoms with van der Waals surface area (Å²) in [4.78, 5) is 0. The Hall–Kier alpha value is -0.730. The molecule has 2 rings (SSSR count). The van der Waals surface area contributed by atoms with Crippen LogP contribution in [0.2, 0.25) is 5.02 Å². The van der Waals surface area contributed by atoms with Gasteiger partial charge in [-0.15, -0.1) is 0 Å². The van der Waals surface area contributed by atoms with Crippen molar-refractivity contribution in [1.29, 1.82) is 0 Å². The SMILES string of the molecule is Cc1c(Cl)cccc1O[C@H](C(C)C)C1CCNC1. The standard InChI is InChI=1S/C15H22ClNO/c1-10(2)15(12-7-8-17-9-12)18-14-6-4-5-13(16)11(14)3/h4-6,10,12,15,17H,7-9H2,1-3H3/t12?,15-/m1/s1. The highest BCUT2D eigenvalue weighted by Gasteiger charge is 2.29. The Bertz CT molecular complexity index is 399. The minimum absolute atomic E-state index is 0.261. The van der Waals surface area contributed by atoms with E-state index in [1.54, 1.807) is 0 Å². The van der Waals surface area contributed by atoms with Gasteiger partial charge < -0.3 is 10.1 Å². The lowest BCUT2D eigenvalue weighted by molar-refractivity contribution is 0.0966. The third-order valence-corrected chi connectivity index (χ3v) is 4.11. The Kier molecular flexibility index (Phi) is 4.52. The van der Waals surface area contributed by atoms with Crippen molar-refractivity contribution in [3.63, 3.8) is 0 Å². The van der Waals surface area contributed by atoms with Gasteiger partial charge in [-0.05, 0) is 37.9 Å². The molecule has 0 amide bonds. The molecule has 2 atom stereocenters. The summed E-state index contributed by atoms with van der Waals surface area (Å²) in [5.74, 6) is 2.03. The molecule has 100 valence electrons. The number of nitrogens with one attached hydrogen (secondary N) is 1. The molecular formula is C15H22ClNO. The molecule has 1 aromatic rings. The van der Waals surface area contributed by atoms with Crippen LogP contribution in [0.3, 0.4) is 0 Å². The van der Waals surface area contributed by atoms with Crippen molar-refractivity contribution in [2.24, 2.45) is 11.8 Å². The molecule has 1 heterocycles. The van der Waals surface area contributed by atoms with Gasteiger partial charge in [0.25, 0.3) is 0 Å². The van der Waals surface area contributed by atoms with Gasteiger partial charge in [-0.3, -0.25) is 0 Å². The molecule has 0 radical (unpaired) electrons. The van der Waals surface area contributed by atoms with Crippen molar-refractivity contribution < 1.29 is 4.74 Å². The second kappa shape index (κ2) is 5.94. The van der Waals surface area contributed by atoms with Crippen molar-refractivity contribution >= 4 is 11.6 Å². The van der Waals surface area contributed by atoms with E-state index in [0.29, 0.717) is 11.8 Å². The van der Waals surface area contributed by atoms with Crippen LogP contribution in [-0.4, -0.2) is 19.2 Å². The fourth-order valence-corrected chi connectivity index (χ4v) is 2.76. The van der Waals surface area contributed by atoms with E-state index in [1.807, 2.05) is 25.1 Å². The first kappa shape index (κ1) is 13.7. The van der Waals surface area contributed by atoms with Gasteiger partial charge in [-0.1, -0.05) is 31.5 Å². The lowest BCUT2D eigenvalue weighted by atomic mass is 9.92. The van der Waals surface area contributed by atoms with Crippen molar-refractivity contribution in [2.45, 2.75) is 33.3 Å². The van der Waals surface area contributed by atoms with Gasteiger partial charge in [0, 0.05) is 23.0 Å². The normalized spacial score (nSPS) is 21.3. The maximum Gasteiger partial charge on any atom is 0.124 e. The summed E-state index contributed by atoms with van der Waals surface area (Å²) in [5.41, 5.74) is 1.04. The number of benzene rings is 1. The van der Waals surface area contributed by atoms with Gasteiger partial charge in [-0.2, -0.15) is 0 Å². The molecule has 1 unspecified atom stereocenters. The van der Waals surface area contributed by atoms with E-state index in [1.165, 1.54) is 6.42 Å². The zero-order valence-electron chi connectivity index (χ0n) is 11.4. The summed E-state index contributed by atoms with van der Waals surface area (Å²) in [6.45, 7) is 8.63. The van der Waals surface area contributed by atoms with Gasteiger partial charge in [0.2, 0.25) is 0 Å². The third kappa shape index (κ3) is 2.99. The summed E-state index contributed by atoms with van der Waals surface area (Å²) in [5, 5.41) is 4.19. The zero-order chi connectivity index (χ0) is 13.1. The molecule has 1 aliphatic heterocycles. The third-order valence-electron chi connectivity index (χ3n) is 3.70. The monoisotopic (exact) mass is 267 g/mol. The number of hydrogen-bond acceptors (Lipinski definition) is 2. The molecule has 0 spiro atoms. The van der Waals surface area contributed by atoms with E-state index in [0.717, 1.165) is 29.4 Å². The predicted molar refractivity (Wildman–Crippen MR) is 76.4 cm³/mol. The average molecular weight is 268 g/mol. The van der Waals surface area contributed by atoms with Crippen LogP contribution in [0.1, 0.15) is 25.8 Å². The van der Waals surface area contributed by atoms with Crippen LogP contribution >= 0.6 is 11.6 Å². The van der Waals surface area contributed by atoms with Gasteiger partial charge >= 0.3 is 0 Å². The first-order valence-electron chi connectivity index (χ1n) is 6.72. The molecule has 1 saturated heterocycles. The number of halogens is 1. The number of ether oxygens (including phenoxy) is 1. The lowest BCUT2D eigenvalue weighted by Gasteiger charge is -2.28. The van der Waals surface area contributed by atoms with Crippen molar-refractivity contribution in [3.8, 4) is 5.75 Å². The Morgan fingerprint density at radius 1 is 1.39 bits per heavy atom. The highest BCUT2D eigenvalue weighted by molar-refractivity contribution is 6.31. The first-order chi connectivity index (χ1) is 8.59. The molecule has 2 nitrogen and oxygen atoms in total. The minimum Gasteiger partial charge on any atom is -0.489 e. The van der Waals surface area contributed by atoms with Crippen molar-refractivity contribution in [3.05, 3.63) is 28.8 Å². The molecular weight excluding hydrogens is 246 g/mol. The molecule has 0 saturated carbocycles. The predicted octanol–water partition coefficient (Wildman–Crippen LogP) is 3.66. The topological polar surface area (TPSA) is 21.3 Å². The Morgan fingerprint density at radius 2 is 2.17 bits per heavy atom. The van der Waals surface area contributed by atoms with Crippen LogP contribution in [0.4, 0.5) is 0 Å². The fraction of sp³-hybridized carbons (Fsp3) is 0.600. The van der Waals surface area contributed by atoms with Crippen molar-refractivity contribution in [1.82, 2.24) is 5.32 Å². The number of rotatable bonds is 4. The van der Waals surface area contributed by atoms with Crippen LogP contribution in [0.15, 0.2) is 18.2 Å². The lowest BCUT2D eigenvalue weighted by Crippen LogP contribution is -2.33. The smallest absolute Gasteiger partial charge is 0.124 e. The molecule has 1 N–H and O–H groups in total. The zero-order valence-corrected chi connectivity index (χ0v) is 12.1. The van der Waals surface area contributed by atoms with Gasteiger partial charge in [0.05, 0.1) is 0 Å². The molecule has 3 heteroatoms. The van der Waals surface area contributed by atoms with E-state index in [2.05, 4.69) is 19.2 Å². The molecule has 1 aromatic carbocycles. The molecule has 0 aromatic heterocycles. The Morgan fingerprint density at radius 3 is 2.78 bits per heavy atom. The highest BCUT2D eigenvalue weighted by atomic mass is 35.5. The van der Waals surface area contributed by atoms with E-state index >= 15 is 0 Å². The molecule has 0 bridgehead atoms. The maximum atomic E-state index is 6.25. The van der Waals surface area contributed by atoms with Gasteiger partial charge in [0.15, 0.2) is 0 Å². The van der Waals surface area contributed by atoms with E-state index in [9.17, 15) is 0 Å². The molecule has 1 aliphatic rings. The molecule has 0 aliphatic carbocycles. The molecule has 18 heavy (non-hydrogen) atoms. The summed E-state index contributed by atoms with van der Waals surface area (Å²) >= 11 is 6.14. The Labute approximate surface area is 115 Å². The van der Waals surface area contributed by atoms with E-state index in [4.69, 9.17) is 16.3 Å². The quantitative estimate of drug-likeness (QED) is 0.899. The second-order valence-electron chi connectivity index (χ2n) is 5.44. The molecule has 1 fully saturated rings. The van der Waals surface area contributed by atoms with Gasteiger partial charge in [-0.25, -0.2) is 0 Å². The largest absolute Gasteiger partial charge is 0.489 e. The average Bonchev–Trinajstić information content (AvgIpc) is 2.84. The second-order valence-corrected chi connectivity index (χ2v) is 5.85. The summed E-state index contributed by atoms with van der Waals surface area (Å²) in [6.07, 6.45) is 1.46. The van der Waals surface area contributed by atoms with E-state index < -0.39 is 0 Å². The number of hydrogen-bond donors (Lipinski definition) is 1. The van der Waals surface area contributed by atoms with Gasteiger partial charge in [0.1, 0.15) is 11.9 Å². The van der Waals surface area contributed by atoms with Crippen LogP contribution in [0.5, 0.6) is 5.75 Å². The van der Waals surface area contributed by atoms with E-state index in [-0.39, 0.29) is 6.10 Å². The van der Waals surface area contributed by atoms with Crippen LogP contribution in [0, 0.1) is 18.8 Å². The van der Waals surface area contributed by atoms with Crippen LogP contribution in [-0.2, 0) is 0 Å². The maximum absolute atomic E-state index is 6.25. The summed E-state index contributed by atoms with van der Waals surface area (Å²) < 4.78 is 6.25. The summed E-state index contributed by atoms with van der Waals surface area (Å²) in [6, 6.07) is 5.87. The van der Waals surface area contributed by atoms with Crippen molar-refractivity contribution in [2.75, 3.05) is 13.1 Å². The summed E-state index contributed by atoms with van der Waals surface area (Å²) in [7, 11) is 0. The Balaban J connectivity index is 2.15.